The Balaban J connectivity index is 1.36. The summed E-state index contributed by atoms with van der Waals surface area (Å²) in [7, 11) is 0. The van der Waals surface area contributed by atoms with Crippen LogP contribution in [0.1, 0.15) is 12.5 Å². The van der Waals surface area contributed by atoms with Crippen molar-refractivity contribution in [3.05, 3.63) is 66.5 Å². The van der Waals surface area contributed by atoms with E-state index in [0.717, 1.165) is 34.0 Å². The van der Waals surface area contributed by atoms with Crippen LogP contribution in [0.25, 0.3) is 20.7 Å². The van der Waals surface area contributed by atoms with E-state index >= 15 is 0 Å². The van der Waals surface area contributed by atoms with Crippen molar-refractivity contribution >= 4 is 27.4 Å². The highest BCUT2D eigenvalue weighted by atomic mass is 32.1. The second kappa shape index (κ2) is 7.72. The van der Waals surface area contributed by atoms with Gasteiger partial charge in [0.25, 0.3) is 0 Å². The lowest BCUT2D eigenvalue weighted by molar-refractivity contribution is 0.171. The Labute approximate surface area is 173 Å². The molecule has 0 aliphatic carbocycles. The largest absolute Gasteiger partial charge is 0.486 e. The third-order valence-corrected chi connectivity index (χ3v) is 6.01. The van der Waals surface area contributed by atoms with Crippen molar-refractivity contribution in [3.63, 3.8) is 0 Å². The predicted octanol–water partition coefficient (Wildman–Crippen LogP) is 5.17. The minimum Gasteiger partial charge on any atom is -0.486 e. The fourth-order valence-electron chi connectivity index (χ4n) is 3.57. The molecule has 1 atom stereocenters. The van der Waals surface area contributed by atoms with E-state index in [0.29, 0.717) is 13.2 Å². The minimum absolute atomic E-state index is 0.204. The van der Waals surface area contributed by atoms with Crippen LogP contribution in [0.2, 0.25) is 0 Å². The molecule has 5 rings (SSSR count). The summed E-state index contributed by atoms with van der Waals surface area (Å²) in [5.74, 6) is 2.53. The number of thiophene rings is 1. The number of nitrogens with zero attached hydrogens (tertiary/aromatic N) is 2. The zero-order valence-electron chi connectivity index (χ0n) is 16.1. The highest BCUT2D eigenvalue weighted by Gasteiger charge is 2.15. The number of hydrogen-bond donors (Lipinski definition) is 1. The van der Waals surface area contributed by atoms with Gasteiger partial charge in [-0.05, 0) is 42.7 Å². The molecule has 0 amide bonds. The Morgan fingerprint density at radius 1 is 1.00 bits per heavy atom. The van der Waals surface area contributed by atoms with E-state index in [-0.39, 0.29) is 6.04 Å². The van der Waals surface area contributed by atoms with Crippen LogP contribution in [-0.2, 0) is 6.42 Å². The maximum absolute atomic E-state index is 5.70. The van der Waals surface area contributed by atoms with Crippen LogP contribution in [0.4, 0.5) is 5.82 Å². The van der Waals surface area contributed by atoms with Crippen LogP contribution in [0.5, 0.6) is 11.5 Å². The van der Waals surface area contributed by atoms with Gasteiger partial charge in [-0.25, -0.2) is 9.97 Å². The number of ether oxygens (including phenoxy) is 2. The highest BCUT2D eigenvalue weighted by molar-refractivity contribution is 7.21. The molecular weight excluding hydrogens is 382 g/mol. The molecule has 0 saturated heterocycles. The third kappa shape index (κ3) is 3.76. The van der Waals surface area contributed by atoms with Crippen LogP contribution in [0, 0.1) is 0 Å². The monoisotopic (exact) mass is 403 g/mol. The molecule has 1 aliphatic heterocycles. The molecule has 6 heteroatoms. The summed E-state index contributed by atoms with van der Waals surface area (Å²) < 4.78 is 11.3. The van der Waals surface area contributed by atoms with Crippen LogP contribution in [-0.4, -0.2) is 29.2 Å². The van der Waals surface area contributed by atoms with Crippen molar-refractivity contribution < 1.29 is 9.47 Å². The molecule has 0 unspecified atom stereocenters. The van der Waals surface area contributed by atoms with Gasteiger partial charge in [0.15, 0.2) is 11.5 Å². The Hall–Kier alpha value is -3.12. The molecule has 1 N–H and O–H groups in total. The van der Waals surface area contributed by atoms with E-state index in [1.165, 1.54) is 16.0 Å². The van der Waals surface area contributed by atoms with Gasteiger partial charge in [-0.2, -0.15) is 0 Å². The number of fused-ring (bicyclic) bond motifs is 2. The summed E-state index contributed by atoms with van der Waals surface area (Å²) in [5.41, 5.74) is 2.40. The van der Waals surface area contributed by atoms with E-state index in [4.69, 9.17) is 9.47 Å². The maximum atomic E-state index is 5.70. The lowest BCUT2D eigenvalue weighted by atomic mass is 10.1. The summed E-state index contributed by atoms with van der Waals surface area (Å²) in [6.45, 7) is 3.37. The molecule has 0 spiro atoms. The first-order chi connectivity index (χ1) is 14.3. The van der Waals surface area contributed by atoms with Crippen molar-refractivity contribution in [2.45, 2.75) is 19.4 Å². The maximum Gasteiger partial charge on any atom is 0.161 e. The van der Waals surface area contributed by atoms with Gasteiger partial charge in [0.2, 0.25) is 0 Å². The molecule has 4 aromatic rings. The number of nitrogens with one attached hydrogen (secondary N) is 1. The van der Waals surface area contributed by atoms with Crippen molar-refractivity contribution in [3.8, 4) is 21.9 Å². The zero-order valence-corrected chi connectivity index (χ0v) is 16.9. The van der Waals surface area contributed by atoms with Crippen molar-refractivity contribution in [1.29, 1.82) is 0 Å². The standard InChI is InChI=1S/C23H21N3O2S/c1-15(11-16-7-8-19-20(12-16)28-10-9-27-19)26-22-18-13-21(17-5-3-2-4-6-17)29-23(18)25-14-24-22/h2-8,12-15H,9-11H2,1H3,(H,24,25,26)/t15-/m1/s1. The lowest BCUT2D eigenvalue weighted by Crippen LogP contribution is -2.20. The molecule has 2 aromatic heterocycles. The normalized spacial score (nSPS) is 14.0. The smallest absolute Gasteiger partial charge is 0.161 e. The molecule has 1 aliphatic rings. The zero-order chi connectivity index (χ0) is 19.6. The van der Waals surface area contributed by atoms with Crippen LogP contribution < -0.4 is 14.8 Å². The number of anilines is 1. The second-order valence-corrected chi connectivity index (χ2v) is 8.18. The third-order valence-electron chi connectivity index (χ3n) is 4.92. The minimum atomic E-state index is 0.204. The number of aromatic nitrogens is 2. The first kappa shape index (κ1) is 17.9. The molecule has 0 bridgehead atoms. The lowest BCUT2D eigenvalue weighted by Gasteiger charge is -2.20. The van der Waals surface area contributed by atoms with Crippen molar-refractivity contribution in [2.24, 2.45) is 0 Å². The van der Waals surface area contributed by atoms with Gasteiger partial charge >= 0.3 is 0 Å². The van der Waals surface area contributed by atoms with E-state index in [2.05, 4.69) is 64.7 Å². The van der Waals surface area contributed by atoms with E-state index in [1.807, 2.05) is 12.1 Å². The summed E-state index contributed by atoms with van der Waals surface area (Å²) in [5, 5.41) is 4.62. The van der Waals surface area contributed by atoms with Gasteiger partial charge in [-0.1, -0.05) is 36.4 Å². The van der Waals surface area contributed by atoms with Crippen LogP contribution in [0.3, 0.4) is 0 Å². The van der Waals surface area contributed by atoms with Gasteiger partial charge in [0.1, 0.15) is 30.2 Å². The van der Waals surface area contributed by atoms with Crippen LogP contribution >= 0.6 is 11.3 Å². The molecule has 0 radical (unpaired) electrons. The average molecular weight is 404 g/mol. The number of rotatable bonds is 5. The Bertz CT molecular complexity index is 1140. The van der Waals surface area contributed by atoms with Gasteiger partial charge < -0.3 is 14.8 Å². The fraction of sp³-hybridized carbons (Fsp3) is 0.217. The number of hydrogen-bond acceptors (Lipinski definition) is 6. The molecule has 3 heterocycles. The van der Waals surface area contributed by atoms with Crippen molar-refractivity contribution in [1.82, 2.24) is 9.97 Å². The first-order valence-electron chi connectivity index (χ1n) is 9.71. The summed E-state index contributed by atoms with van der Waals surface area (Å²) in [6.07, 6.45) is 2.49. The first-order valence-corrected chi connectivity index (χ1v) is 10.5. The van der Waals surface area contributed by atoms with E-state index in [9.17, 15) is 0 Å². The van der Waals surface area contributed by atoms with Crippen LogP contribution in [0.15, 0.2) is 60.9 Å². The topological polar surface area (TPSA) is 56.3 Å². The molecule has 0 fully saturated rings. The molecule has 0 saturated carbocycles. The average Bonchev–Trinajstić information content (AvgIpc) is 3.20. The second-order valence-electron chi connectivity index (χ2n) is 7.15. The van der Waals surface area contributed by atoms with Gasteiger partial charge in [0.05, 0.1) is 5.39 Å². The van der Waals surface area contributed by atoms with E-state index < -0.39 is 0 Å². The van der Waals surface area contributed by atoms with Gasteiger partial charge in [-0.15, -0.1) is 11.3 Å². The molecular formula is C23H21N3O2S. The fourth-order valence-corrected chi connectivity index (χ4v) is 4.57. The molecule has 29 heavy (non-hydrogen) atoms. The Morgan fingerprint density at radius 2 is 1.83 bits per heavy atom. The Kier molecular flexibility index (Phi) is 4.77. The summed E-state index contributed by atoms with van der Waals surface area (Å²) >= 11 is 1.69. The molecule has 2 aromatic carbocycles. The highest BCUT2D eigenvalue weighted by Crippen LogP contribution is 2.35. The van der Waals surface area contributed by atoms with E-state index in [1.54, 1.807) is 17.7 Å². The molecule has 5 nitrogen and oxygen atoms in total. The van der Waals surface area contributed by atoms with Gasteiger partial charge in [-0.3, -0.25) is 0 Å². The molecule has 146 valence electrons. The van der Waals surface area contributed by atoms with Crippen molar-refractivity contribution in [2.75, 3.05) is 18.5 Å². The summed E-state index contributed by atoms with van der Waals surface area (Å²) in [6, 6.07) is 18.9. The Morgan fingerprint density at radius 3 is 2.69 bits per heavy atom. The number of benzene rings is 2. The SMILES string of the molecule is C[C@H](Cc1ccc2c(c1)OCCO2)Nc1ncnc2sc(-c3ccccc3)cc12. The quantitative estimate of drug-likeness (QED) is 0.498. The van der Waals surface area contributed by atoms with Gasteiger partial charge in [0, 0.05) is 10.9 Å². The predicted molar refractivity (Wildman–Crippen MR) is 117 cm³/mol. The summed E-state index contributed by atoms with van der Waals surface area (Å²) in [4.78, 5) is 11.2.